The molecule has 1 N–H and O–H groups in total. The Hall–Kier alpha value is -2.90. The topological polar surface area (TPSA) is 93.8 Å². The number of halogens is 2. The zero-order valence-corrected chi connectivity index (χ0v) is 15.5. The van der Waals surface area contributed by atoms with Crippen molar-refractivity contribution in [2.75, 3.05) is 6.61 Å². The lowest BCUT2D eigenvalue weighted by molar-refractivity contribution is 0.0505. The highest BCUT2D eigenvalue weighted by Gasteiger charge is 2.18. The lowest BCUT2D eigenvalue weighted by atomic mass is 10.2. The molecule has 0 fully saturated rings. The minimum atomic E-state index is -0.800. The van der Waals surface area contributed by atoms with E-state index in [9.17, 15) is 14.7 Å². The number of nitrogens with zero attached hydrogens (tertiary/aromatic N) is 3. The molecule has 3 aromatic rings. The van der Waals surface area contributed by atoms with Crippen LogP contribution in [0.15, 0.2) is 46.3 Å². The Labute approximate surface area is 163 Å². The highest BCUT2D eigenvalue weighted by atomic mass is 35.5. The molecule has 0 saturated carbocycles. The molecule has 138 valence electrons. The van der Waals surface area contributed by atoms with E-state index in [1.54, 1.807) is 31.2 Å². The van der Waals surface area contributed by atoms with E-state index in [2.05, 4.69) is 10.1 Å². The van der Waals surface area contributed by atoms with Crippen molar-refractivity contribution in [1.82, 2.24) is 9.66 Å². The fraction of sp³-hybridized carbons (Fsp3) is 0.111. The number of benzene rings is 2. The molecule has 0 atom stereocenters. The molecule has 0 aliphatic rings. The van der Waals surface area contributed by atoms with Crippen molar-refractivity contribution >= 4 is 46.3 Å². The summed E-state index contributed by atoms with van der Waals surface area (Å²) >= 11 is 11.8. The van der Waals surface area contributed by atoms with Gasteiger partial charge in [0.15, 0.2) is 0 Å². The third-order valence-electron chi connectivity index (χ3n) is 3.58. The van der Waals surface area contributed by atoms with E-state index >= 15 is 0 Å². The molecule has 27 heavy (non-hydrogen) atoms. The highest BCUT2D eigenvalue weighted by Crippen LogP contribution is 2.30. The molecule has 0 unspecified atom stereocenters. The molecule has 0 aliphatic carbocycles. The van der Waals surface area contributed by atoms with Crippen molar-refractivity contribution < 1.29 is 14.6 Å². The number of hydrogen-bond donors (Lipinski definition) is 1. The van der Waals surface area contributed by atoms with Crippen molar-refractivity contribution in [2.24, 2.45) is 5.10 Å². The molecule has 1 heterocycles. The number of esters is 1. The average Bonchev–Trinajstić information content (AvgIpc) is 2.64. The van der Waals surface area contributed by atoms with Crippen LogP contribution in [0.1, 0.15) is 23.1 Å². The highest BCUT2D eigenvalue weighted by molar-refractivity contribution is 6.36. The van der Waals surface area contributed by atoms with Crippen LogP contribution in [0.3, 0.4) is 0 Å². The Morgan fingerprint density at radius 2 is 2.07 bits per heavy atom. The predicted molar refractivity (Wildman–Crippen MR) is 103 cm³/mol. The van der Waals surface area contributed by atoms with Crippen LogP contribution in [0, 0.1) is 0 Å². The average molecular weight is 406 g/mol. The van der Waals surface area contributed by atoms with Crippen molar-refractivity contribution in [3.8, 4) is 5.75 Å². The van der Waals surface area contributed by atoms with Gasteiger partial charge in [0.2, 0.25) is 5.82 Å². The van der Waals surface area contributed by atoms with Crippen LogP contribution >= 0.6 is 23.2 Å². The van der Waals surface area contributed by atoms with Crippen LogP contribution in [0.25, 0.3) is 10.9 Å². The predicted octanol–water partition coefficient (Wildman–Crippen LogP) is 3.47. The fourth-order valence-electron chi connectivity index (χ4n) is 2.36. The summed E-state index contributed by atoms with van der Waals surface area (Å²) in [4.78, 5) is 29.2. The second-order valence-corrected chi connectivity index (χ2v) is 6.20. The maximum Gasteiger partial charge on any atom is 0.376 e. The Bertz CT molecular complexity index is 1130. The van der Waals surface area contributed by atoms with Crippen molar-refractivity contribution in [2.45, 2.75) is 6.92 Å². The summed E-state index contributed by atoms with van der Waals surface area (Å²) in [5, 5.41) is 14.6. The smallest absolute Gasteiger partial charge is 0.376 e. The van der Waals surface area contributed by atoms with Gasteiger partial charge in [0.25, 0.3) is 5.56 Å². The van der Waals surface area contributed by atoms with Gasteiger partial charge < -0.3 is 9.84 Å². The number of hydrogen-bond acceptors (Lipinski definition) is 6. The number of aromatic nitrogens is 2. The number of aromatic hydroxyl groups is 1. The maximum atomic E-state index is 12.8. The van der Waals surface area contributed by atoms with E-state index in [4.69, 9.17) is 27.9 Å². The molecule has 0 saturated heterocycles. The maximum absolute atomic E-state index is 12.8. The molecule has 0 aliphatic heterocycles. The van der Waals surface area contributed by atoms with Crippen LogP contribution in [-0.4, -0.2) is 33.6 Å². The van der Waals surface area contributed by atoms with Gasteiger partial charge in [0, 0.05) is 10.6 Å². The quantitative estimate of drug-likeness (QED) is 0.529. The second kappa shape index (κ2) is 7.77. The van der Waals surface area contributed by atoms with E-state index in [1.165, 1.54) is 12.1 Å². The van der Waals surface area contributed by atoms with Crippen molar-refractivity contribution in [3.05, 3.63) is 68.2 Å². The van der Waals surface area contributed by atoms with E-state index in [0.29, 0.717) is 5.52 Å². The number of carbonyl (C=O) groups is 1. The summed E-state index contributed by atoms with van der Waals surface area (Å²) in [5.74, 6) is -1.35. The van der Waals surface area contributed by atoms with Crippen molar-refractivity contribution in [3.63, 3.8) is 0 Å². The minimum absolute atomic E-state index is 0.0264. The minimum Gasteiger partial charge on any atom is -0.506 e. The molecule has 0 spiro atoms. The number of fused-ring (bicyclic) bond motifs is 1. The van der Waals surface area contributed by atoms with Gasteiger partial charge in [0.05, 0.1) is 28.7 Å². The first kappa shape index (κ1) is 18.9. The monoisotopic (exact) mass is 405 g/mol. The summed E-state index contributed by atoms with van der Waals surface area (Å²) < 4.78 is 5.77. The molecule has 2 aromatic carbocycles. The molecule has 7 nitrogen and oxygen atoms in total. The first-order valence-electron chi connectivity index (χ1n) is 7.83. The van der Waals surface area contributed by atoms with E-state index in [-0.39, 0.29) is 39.2 Å². The van der Waals surface area contributed by atoms with E-state index < -0.39 is 11.5 Å². The lowest BCUT2D eigenvalue weighted by Crippen LogP contribution is -2.26. The van der Waals surface area contributed by atoms with Crippen LogP contribution in [0.4, 0.5) is 0 Å². The Kier molecular flexibility index (Phi) is 5.43. The Morgan fingerprint density at radius 1 is 1.33 bits per heavy atom. The normalized spacial score (nSPS) is 11.2. The summed E-state index contributed by atoms with van der Waals surface area (Å²) in [5.41, 5.74) is -0.0551. The third kappa shape index (κ3) is 3.79. The van der Waals surface area contributed by atoms with Crippen LogP contribution < -0.4 is 5.56 Å². The SMILES string of the molecule is CCOC(=O)c1nc2ccccc2c(=O)n1/N=C\c1cc(Cl)cc(Cl)c1O. The van der Waals surface area contributed by atoms with Gasteiger partial charge in [0.1, 0.15) is 5.75 Å². The van der Waals surface area contributed by atoms with Gasteiger partial charge in [-0.15, -0.1) is 0 Å². The first-order chi connectivity index (χ1) is 12.9. The Balaban J connectivity index is 2.20. The van der Waals surface area contributed by atoms with Gasteiger partial charge in [-0.25, -0.2) is 9.78 Å². The zero-order chi connectivity index (χ0) is 19.6. The Morgan fingerprint density at radius 3 is 2.81 bits per heavy atom. The van der Waals surface area contributed by atoms with Gasteiger partial charge in [-0.05, 0) is 31.2 Å². The molecule has 0 amide bonds. The van der Waals surface area contributed by atoms with Crippen LogP contribution in [0.2, 0.25) is 10.0 Å². The molecular weight excluding hydrogens is 393 g/mol. The third-order valence-corrected chi connectivity index (χ3v) is 4.09. The van der Waals surface area contributed by atoms with Gasteiger partial charge in [-0.2, -0.15) is 9.78 Å². The van der Waals surface area contributed by atoms with E-state index in [0.717, 1.165) is 10.9 Å². The number of phenolic OH excluding ortho intramolecular Hbond substituents is 1. The molecule has 3 rings (SSSR count). The van der Waals surface area contributed by atoms with Crippen LogP contribution in [0.5, 0.6) is 5.75 Å². The molecule has 0 radical (unpaired) electrons. The number of phenols is 1. The zero-order valence-electron chi connectivity index (χ0n) is 14.0. The second-order valence-electron chi connectivity index (χ2n) is 5.36. The standard InChI is InChI=1S/C18H13Cl2N3O4/c1-2-27-18(26)16-22-14-6-4-3-5-12(14)17(25)23(16)21-9-10-7-11(19)8-13(20)15(10)24/h3-9,24H,2H2,1H3/b21-9-. The van der Waals surface area contributed by atoms with Gasteiger partial charge in [-0.3, -0.25) is 4.79 Å². The summed E-state index contributed by atoms with van der Waals surface area (Å²) in [6.45, 7) is 1.74. The number of para-hydroxylation sites is 1. The van der Waals surface area contributed by atoms with Gasteiger partial charge in [-0.1, -0.05) is 35.3 Å². The van der Waals surface area contributed by atoms with E-state index in [1.807, 2.05) is 0 Å². The van der Waals surface area contributed by atoms with Gasteiger partial charge >= 0.3 is 5.97 Å². The number of carbonyl (C=O) groups excluding carboxylic acids is 1. The van der Waals surface area contributed by atoms with Crippen LogP contribution in [-0.2, 0) is 4.74 Å². The fourth-order valence-corrected chi connectivity index (χ4v) is 2.87. The largest absolute Gasteiger partial charge is 0.506 e. The van der Waals surface area contributed by atoms with Crippen molar-refractivity contribution in [1.29, 1.82) is 0 Å². The summed E-state index contributed by atoms with van der Waals surface area (Å²) in [6, 6.07) is 9.32. The molecule has 0 bridgehead atoms. The first-order valence-corrected chi connectivity index (χ1v) is 8.59. The number of ether oxygens (including phenoxy) is 1. The lowest BCUT2D eigenvalue weighted by Gasteiger charge is -2.08. The number of rotatable bonds is 4. The molecular formula is C18H13Cl2N3O4. The summed E-state index contributed by atoms with van der Waals surface area (Å²) in [7, 11) is 0. The molecule has 9 heteroatoms. The summed E-state index contributed by atoms with van der Waals surface area (Å²) in [6.07, 6.45) is 1.16. The molecule has 1 aromatic heterocycles.